The number of hydrogen-bond donors (Lipinski definition) is 0. The van der Waals surface area contributed by atoms with Gasteiger partial charge in [0.05, 0.1) is 0 Å². The zero-order valence-corrected chi connectivity index (χ0v) is 16.7. The summed E-state index contributed by atoms with van der Waals surface area (Å²) in [7, 11) is 1.16. The van der Waals surface area contributed by atoms with E-state index in [1.807, 2.05) is 0 Å². The van der Waals surface area contributed by atoms with Crippen LogP contribution in [-0.4, -0.2) is 26.9 Å². The predicted octanol–water partition coefficient (Wildman–Crippen LogP) is 5.51. The van der Waals surface area contributed by atoms with E-state index >= 15 is 0 Å². The molecule has 0 aromatic carbocycles. The molecule has 0 heterocycles. The Hall–Kier alpha value is 1.09. The van der Waals surface area contributed by atoms with Gasteiger partial charge in [-0.1, -0.05) is 57.8 Å². The molecule has 0 rings (SSSR count). The lowest BCUT2D eigenvalue weighted by Gasteiger charge is -2.13. The van der Waals surface area contributed by atoms with Gasteiger partial charge < -0.3 is 0 Å². The van der Waals surface area contributed by atoms with Crippen LogP contribution in [0.4, 0.5) is 0 Å². The number of unbranched alkanes of at least 4 members (excludes halogenated alkanes) is 9. The van der Waals surface area contributed by atoms with E-state index in [1.54, 1.807) is 0 Å². The summed E-state index contributed by atoms with van der Waals surface area (Å²) >= 11 is 18.0. The van der Waals surface area contributed by atoms with E-state index in [0.29, 0.717) is 0 Å². The highest BCUT2D eigenvalue weighted by molar-refractivity contribution is 6.32. The molecule has 0 N–H and O–H groups in total. The summed E-state index contributed by atoms with van der Waals surface area (Å²) < 4.78 is 0. The Labute approximate surface area is 138 Å². The molecule has 0 saturated heterocycles. The lowest BCUT2D eigenvalue weighted by Crippen LogP contribution is -2.14. The van der Waals surface area contributed by atoms with Gasteiger partial charge in [-0.2, -0.15) is 0 Å². The van der Waals surface area contributed by atoms with Gasteiger partial charge in [-0.25, -0.2) is 0 Å². The Morgan fingerprint density at radius 1 is 0.632 bits per heavy atom. The van der Waals surface area contributed by atoms with Crippen LogP contribution in [0, 0.1) is 0 Å². The second kappa shape index (κ2) is 15.5. The highest BCUT2D eigenvalue weighted by Gasteiger charge is 2.13. The minimum absolute atomic E-state index is 0.195. The average Bonchev–Trinajstić information content (AvgIpc) is 2.43. The van der Waals surface area contributed by atoms with Crippen molar-refractivity contribution in [2.45, 2.75) is 87.4 Å². The van der Waals surface area contributed by atoms with Crippen LogP contribution in [0.2, 0.25) is 6.04 Å². The molecule has 0 amide bonds. The fourth-order valence-electron chi connectivity index (χ4n) is 2.28. The van der Waals surface area contributed by atoms with Crippen LogP contribution in [0.1, 0.15) is 70.6 Å². The van der Waals surface area contributed by atoms with Crippen molar-refractivity contribution in [1.82, 2.24) is 0 Å². The standard InChI is InChI=1S/C15H31Cl3Si/c16-12-10-8-6-4-2-1-3-5-7-9-11-14(17)15(18)13-19/h14-15H,1-13H2,19H3. The molecule has 0 spiro atoms. The normalized spacial score (nSPS) is 14.7. The zero-order valence-electron chi connectivity index (χ0n) is 12.5. The second-order valence-corrected chi connectivity index (χ2v) is 7.77. The highest BCUT2D eigenvalue weighted by atomic mass is 35.5. The topological polar surface area (TPSA) is 0 Å². The van der Waals surface area contributed by atoms with Gasteiger partial charge in [0, 0.05) is 26.9 Å². The molecule has 2 atom stereocenters. The summed E-state index contributed by atoms with van der Waals surface area (Å²) in [6, 6.07) is 1.11. The first-order valence-electron chi connectivity index (χ1n) is 8.06. The second-order valence-electron chi connectivity index (χ2n) is 5.45. The molecule has 0 aliphatic carbocycles. The van der Waals surface area contributed by atoms with Gasteiger partial charge in [-0.15, -0.1) is 34.8 Å². The summed E-state index contributed by atoms with van der Waals surface area (Å²) in [6.45, 7) is 0. The third-order valence-corrected chi connectivity index (χ3v) is 6.57. The van der Waals surface area contributed by atoms with E-state index < -0.39 is 0 Å². The van der Waals surface area contributed by atoms with E-state index in [1.165, 1.54) is 64.2 Å². The Balaban J connectivity index is 3.10. The number of rotatable bonds is 14. The van der Waals surface area contributed by atoms with Crippen molar-refractivity contribution in [1.29, 1.82) is 0 Å². The third-order valence-electron chi connectivity index (χ3n) is 3.65. The molecule has 116 valence electrons. The van der Waals surface area contributed by atoms with E-state index in [-0.39, 0.29) is 10.8 Å². The average molecular weight is 346 g/mol. The van der Waals surface area contributed by atoms with Crippen molar-refractivity contribution in [3.05, 3.63) is 0 Å². The molecule has 2 unspecified atom stereocenters. The Bertz CT molecular complexity index is 179. The van der Waals surface area contributed by atoms with Gasteiger partial charge in [-0.3, -0.25) is 0 Å². The summed E-state index contributed by atoms with van der Waals surface area (Å²) in [6.07, 6.45) is 14.4. The summed E-state index contributed by atoms with van der Waals surface area (Å²) in [5, 5.41) is 0.405. The smallest absolute Gasteiger partial charge is 0.0496 e. The zero-order chi connectivity index (χ0) is 14.3. The van der Waals surface area contributed by atoms with Crippen molar-refractivity contribution in [2.75, 3.05) is 5.88 Å². The molecule has 19 heavy (non-hydrogen) atoms. The van der Waals surface area contributed by atoms with Crippen LogP contribution in [-0.2, 0) is 0 Å². The van der Waals surface area contributed by atoms with Crippen molar-refractivity contribution in [3.8, 4) is 0 Å². The molecular formula is C15H31Cl3Si. The van der Waals surface area contributed by atoms with Crippen molar-refractivity contribution >= 4 is 45.0 Å². The van der Waals surface area contributed by atoms with Crippen LogP contribution in [0.25, 0.3) is 0 Å². The van der Waals surface area contributed by atoms with E-state index in [2.05, 4.69) is 0 Å². The molecule has 0 aliphatic rings. The van der Waals surface area contributed by atoms with Crippen LogP contribution < -0.4 is 0 Å². The lowest BCUT2D eigenvalue weighted by molar-refractivity contribution is 0.545. The van der Waals surface area contributed by atoms with Crippen molar-refractivity contribution in [2.24, 2.45) is 0 Å². The molecule has 0 fully saturated rings. The molecule has 0 radical (unpaired) electrons. The minimum atomic E-state index is 0.195. The SMILES string of the molecule is [SiH3]CC(Cl)C(Cl)CCCCCCCCCCCCCl. The van der Waals surface area contributed by atoms with E-state index in [0.717, 1.165) is 28.6 Å². The first kappa shape index (κ1) is 20.1. The summed E-state index contributed by atoms with van der Waals surface area (Å²) in [5.41, 5.74) is 0. The molecule has 4 heteroatoms. The largest absolute Gasteiger partial charge is 0.127 e. The van der Waals surface area contributed by atoms with Crippen molar-refractivity contribution in [3.63, 3.8) is 0 Å². The van der Waals surface area contributed by atoms with Crippen LogP contribution in [0.5, 0.6) is 0 Å². The molecule has 0 aromatic rings. The van der Waals surface area contributed by atoms with Gasteiger partial charge in [-0.05, 0) is 18.9 Å². The predicted molar refractivity (Wildman–Crippen MR) is 95.5 cm³/mol. The molecule has 0 bridgehead atoms. The van der Waals surface area contributed by atoms with E-state index in [4.69, 9.17) is 34.8 Å². The molecule has 0 aliphatic heterocycles. The van der Waals surface area contributed by atoms with Crippen LogP contribution >= 0.6 is 34.8 Å². The molecular weight excluding hydrogens is 315 g/mol. The minimum Gasteiger partial charge on any atom is -0.127 e. The summed E-state index contributed by atoms with van der Waals surface area (Å²) in [5.74, 6) is 0.824. The monoisotopic (exact) mass is 344 g/mol. The lowest BCUT2D eigenvalue weighted by atomic mass is 10.0. The first-order chi connectivity index (χ1) is 9.22. The fraction of sp³-hybridized carbons (Fsp3) is 1.00. The molecule has 0 aromatic heterocycles. The first-order valence-corrected chi connectivity index (χ1v) is 10.9. The maximum Gasteiger partial charge on any atom is 0.0496 e. The Morgan fingerprint density at radius 2 is 1.05 bits per heavy atom. The number of halogens is 3. The van der Waals surface area contributed by atoms with Gasteiger partial charge in [0.15, 0.2) is 0 Å². The van der Waals surface area contributed by atoms with Gasteiger partial charge in [0.2, 0.25) is 0 Å². The highest BCUT2D eigenvalue weighted by Crippen LogP contribution is 2.20. The van der Waals surface area contributed by atoms with Crippen LogP contribution in [0.15, 0.2) is 0 Å². The maximum atomic E-state index is 6.24. The third kappa shape index (κ3) is 13.8. The van der Waals surface area contributed by atoms with Crippen molar-refractivity contribution < 1.29 is 0 Å². The molecule has 0 nitrogen and oxygen atoms in total. The maximum absolute atomic E-state index is 6.24. The Kier molecular flexibility index (Phi) is 16.4. The number of alkyl halides is 3. The number of hydrogen-bond acceptors (Lipinski definition) is 0. The summed E-state index contributed by atoms with van der Waals surface area (Å²) in [4.78, 5) is 0. The fourth-order valence-corrected chi connectivity index (χ4v) is 3.80. The molecule has 0 saturated carbocycles. The van der Waals surface area contributed by atoms with E-state index in [9.17, 15) is 0 Å². The quantitative estimate of drug-likeness (QED) is 0.221. The van der Waals surface area contributed by atoms with Gasteiger partial charge in [0.25, 0.3) is 0 Å². The van der Waals surface area contributed by atoms with Gasteiger partial charge >= 0.3 is 0 Å². The van der Waals surface area contributed by atoms with Gasteiger partial charge in [0.1, 0.15) is 0 Å². The van der Waals surface area contributed by atoms with Crippen LogP contribution in [0.3, 0.4) is 0 Å². The Morgan fingerprint density at radius 3 is 1.47 bits per heavy atom.